The highest BCUT2D eigenvalue weighted by Gasteiger charge is 2.18. The Morgan fingerprint density at radius 1 is 1.19 bits per heavy atom. The quantitative estimate of drug-likeness (QED) is 0.311. The normalized spacial score (nSPS) is 10.6. The number of halogens is 3. The van der Waals surface area contributed by atoms with Crippen LogP contribution in [-0.2, 0) is 6.54 Å². The SMILES string of the molecule is C=Cc1cnn(-c2c(F)cc(Cl)cc2-c2cnc(CNC(=O)NNC(=O)c3cc(OC)no3)c(F)c2)c1. The van der Waals surface area contributed by atoms with Crippen molar-refractivity contribution < 1.29 is 27.6 Å². The molecule has 3 heterocycles. The molecule has 14 heteroatoms. The second kappa shape index (κ2) is 10.9. The fourth-order valence-corrected chi connectivity index (χ4v) is 3.38. The lowest BCUT2D eigenvalue weighted by atomic mass is 10.0. The minimum Gasteiger partial charge on any atom is -0.479 e. The summed E-state index contributed by atoms with van der Waals surface area (Å²) in [4.78, 5) is 27.9. The summed E-state index contributed by atoms with van der Waals surface area (Å²) in [7, 11) is 1.34. The third kappa shape index (κ3) is 5.73. The lowest BCUT2D eigenvalue weighted by Gasteiger charge is -2.13. The van der Waals surface area contributed by atoms with Crippen molar-refractivity contribution in [2.45, 2.75) is 6.54 Å². The van der Waals surface area contributed by atoms with E-state index < -0.39 is 23.6 Å². The molecule has 1 aromatic carbocycles. The van der Waals surface area contributed by atoms with Gasteiger partial charge in [-0.05, 0) is 23.4 Å². The van der Waals surface area contributed by atoms with E-state index in [-0.39, 0.29) is 45.7 Å². The van der Waals surface area contributed by atoms with Crippen molar-refractivity contribution in [2.75, 3.05) is 7.11 Å². The number of carbonyl (C=O) groups is 2. The molecule has 3 amide bonds. The summed E-state index contributed by atoms with van der Waals surface area (Å²) in [5, 5.41) is 10.0. The van der Waals surface area contributed by atoms with Crippen LogP contribution in [0.3, 0.4) is 0 Å². The molecule has 0 spiro atoms. The Labute approximate surface area is 213 Å². The van der Waals surface area contributed by atoms with E-state index >= 15 is 0 Å². The molecule has 0 unspecified atom stereocenters. The van der Waals surface area contributed by atoms with Gasteiger partial charge < -0.3 is 14.6 Å². The summed E-state index contributed by atoms with van der Waals surface area (Å²) in [5.74, 6) is -2.35. The number of methoxy groups -OCH3 is 1. The number of pyridine rings is 1. The average molecular weight is 530 g/mol. The fourth-order valence-electron chi connectivity index (χ4n) is 3.17. The number of hydrogen-bond acceptors (Lipinski definition) is 7. The number of nitrogens with one attached hydrogen (secondary N) is 3. The number of nitrogens with zero attached hydrogens (tertiary/aromatic N) is 4. The third-order valence-electron chi connectivity index (χ3n) is 4.95. The van der Waals surface area contributed by atoms with E-state index in [0.29, 0.717) is 5.56 Å². The molecule has 11 nitrogen and oxygen atoms in total. The summed E-state index contributed by atoms with van der Waals surface area (Å²) in [6.07, 6.45) is 5.91. The molecule has 4 aromatic rings. The van der Waals surface area contributed by atoms with Crippen LogP contribution < -0.4 is 20.9 Å². The first-order valence-electron chi connectivity index (χ1n) is 10.4. The summed E-state index contributed by atoms with van der Waals surface area (Å²) >= 11 is 6.05. The van der Waals surface area contributed by atoms with Gasteiger partial charge in [-0.1, -0.05) is 24.3 Å². The van der Waals surface area contributed by atoms with Crippen molar-refractivity contribution in [1.82, 2.24) is 36.1 Å². The second-order valence-electron chi connectivity index (χ2n) is 7.35. The number of hydrazine groups is 1. The van der Waals surface area contributed by atoms with E-state index in [4.69, 9.17) is 20.9 Å². The summed E-state index contributed by atoms with van der Waals surface area (Å²) in [6, 6.07) is 4.09. The van der Waals surface area contributed by atoms with Crippen molar-refractivity contribution in [3.05, 3.63) is 83.1 Å². The van der Waals surface area contributed by atoms with Crippen LogP contribution >= 0.6 is 11.6 Å². The predicted molar refractivity (Wildman–Crippen MR) is 128 cm³/mol. The first kappa shape index (κ1) is 25.3. The Morgan fingerprint density at radius 2 is 2.00 bits per heavy atom. The molecule has 0 aliphatic rings. The molecule has 0 bridgehead atoms. The standard InChI is InChI=1S/C23H18ClF2N7O4/c1-3-12-8-29-33(11-12)21-15(5-14(24)6-17(21)26)13-4-16(25)18(27-9-13)10-28-23(35)31-30-22(34)19-7-20(36-2)32-37-19/h3-9,11H,1,10H2,2H3,(H,30,34)(H2,28,31,35). The van der Waals surface area contributed by atoms with Gasteiger partial charge in [-0.15, -0.1) is 0 Å². The smallest absolute Gasteiger partial charge is 0.333 e. The van der Waals surface area contributed by atoms with Gasteiger partial charge >= 0.3 is 11.9 Å². The van der Waals surface area contributed by atoms with Crippen molar-refractivity contribution in [3.8, 4) is 22.7 Å². The Bertz CT molecular complexity index is 1490. The van der Waals surface area contributed by atoms with Gasteiger partial charge in [0.2, 0.25) is 5.76 Å². The maximum atomic E-state index is 14.9. The van der Waals surface area contributed by atoms with Gasteiger partial charge in [0.15, 0.2) is 5.82 Å². The van der Waals surface area contributed by atoms with Gasteiger partial charge in [0.1, 0.15) is 11.5 Å². The molecule has 190 valence electrons. The predicted octanol–water partition coefficient (Wildman–Crippen LogP) is 3.65. The zero-order chi connectivity index (χ0) is 26.5. The highest BCUT2D eigenvalue weighted by molar-refractivity contribution is 6.31. The molecule has 0 fully saturated rings. The van der Waals surface area contributed by atoms with E-state index in [9.17, 15) is 18.4 Å². The van der Waals surface area contributed by atoms with Crippen LogP contribution in [0.4, 0.5) is 13.6 Å². The number of carbonyl (C=O) groups excluding carboxylic acids is 2. The zero-order valence-electron chi connectivity index (χ0n) is 19.1. The maximum absolute atomic E-state index is 14.9. The minimum absolute atomic E-state index is 0.0454. The first-order valence-corrected chi connectivity index (χ1v) is 10.8. The van der Waals surface area contributed by atoms with Gasteiger partial charge in [0, 0.05) is 34.1 Å². The zero-order valence-corrected chi connectivity index (χ0v) is 19.8. The molecule has 0 aliphatic carbocycles. The van der Waals surface area contributed by atoms with E-state index in [0.717, 1.165) is 12.1 Å². The molecule has 0 atom stereocenters. The Balaban J connectivity index is 1.45. The van der Waals surface area contributed by atoms with Gasteiger partial charge in [-0.25, -0.2) is 23.7 Å². The average Bonchev–Trinajstić information content (AvgIpc) is 3.56. The topological polar surface area (TPSA) is 136 Å². The lowest BCUT2D eigenvalue weighted by Crippen LogP contribution is -2.46. The van der Waals surface area contributed by atoms with Gasteiger partial charge in [-0.3, -0.25) is 15.2 Å². The number of rotatable bonds is 7. The van der Waals surface area contributed by atoms with Crippen molar-refractivity contribution in [2.24, 2.45) is 0 Å². The van der Waals surface area contributed by atoms with E-state index in [1.54, 1.807) is 12.3 Å². The molecule has 0 saturated carbocycles. The molecule has 37 heavy (non-hydrogen) atoms. The largest absolute Gasteiger partial charge is 0.479 e. The summed E-state index contributed by atoms with van der Waals surface area (Å²) < 4.78 is 40.5. The fraction of sp³-hybridized carbons (Fsp3) is 0.0870. The van der Waals surface area contributed by atoms with Crippen molar-refractivity contribution >= 4 is 29.6 Å². The van der Waals surface area contributed by atoms with Crippen LogP contribution in [0.15, 0.2) is 54.0 Å². The second-order valence-corrected chi connectivity index (χ2v) is 7.79. The Morgan fingerprint density at radius 3 is 2.68 bits per heavy atom. The summed E-state index contributed by atoms with van der Waals surface area (Å²) in [5.41, 5.74) is 5.24. The first-order chi connectivity index (χ1) is 17.8. The number of hydrogen-bond donors (Lipinski definition) is 3. The van der Waals surface area contributed by atoms with Crippen LogP contribution in [0.2, 0.25) is 5.02 Å². The highest BCUT2D eigenvalue weighted by atomic mass is 35.5. The molecule has 0 aliphatic heterocycles. The van der Waals surface area contributed by atoms with Crippen LogP contribution in [-0.4, -0.2) is 39.0 Å². The van der Waals surface area contributed by atoms with E-state index in [1.165, 1.54) is 36.3 Å². The molecule has 0 radical (unpaired) electrons. The van der Waals surface area contributed by atoms with Crippen LogP contribution in [0.25, 0.3) is 22.9 Å². The Hall–Kier alpha value is -4.78. The van der Waals surface area contributed by atoms with E-state index in [2.05, 4.69) is 38.0 Å². The number of urea groups is 1. The lowest BCUT2D eigenvalue weighted by molar-refractivity contribution is 0.0898. The van der Waals surface area contributed by atoms with Crippen LogP contribution in [0.1, 0.15) is 21.8 Å². The molecular formula is C23H18ClF2N7O4. The molecule has 3 aromatic heterocycles. The van der Waals surface area contributed by atoms with Gasteiger partial charge in [0.25, 0.3) is 5.88 Å². The number of aromatic nitrogens is 4. The highest BCUT2D eigenvalue weighted by Crippen LogP contribution is 2.32. The monoisotopic (exact) mass is 529 g/mol. The molecular weight excluding hydrogens is 512 g/mol. The molecule has 4 rings (SSSR count). The number of amides is 3. The maximum Gasteiger partial charge on any atom is 0.333 e. The van der Waals surface area contributed by atoms with Crippen molar-refractivity contribution in [3.63, 3.8) is 0 Å². The van der Waals surface area contributed by atoms with Crippen LogP contribution in [0, 0.1) is 11.6 Å². The Kier molecular flexibility index (Phi) is 7.44. The number of ether oxygens (including phenoxy) is 1. The summed E-state index contributed by atoms with van der Waals surface area (Å²) in [6.45, 7) is 3.33. The third-order valence-corrected chi connectivity index (χ3v) is 5.17. The van der Waals surface area contributed by atoms with Crippen LogP contribution in [0.5, 0.6) is 5.88 Å². The minimum atomic E-state index is -0.846. The molecule has 0 saturated heterocycles. The van der Waals surface area contributed by atoms with Crippen molar-refractivity contribution in [1.29, 1.82) is 0 Å². The van der Waals surface area contributed by atoms with Gasteiger partial charge in [0.05, 0.1) is 31.6 Å². The van der Waals surface area contributed by atoms with Gasteiger partial charge in [-0.2, -0.15) is 5.10 Å². The van der Waals surface area contributed by atoms with E-state index in [1.807, 2.05) is 0 Å². The number of benzene rings is 1. The molecule has 3 N–H and O–H groups in total.